The standard InChI is InChI=1S/C10H11FO/c1-7-4-8-2-3-9(11)5-10(8)12-6-7/h2-3,5,7H,4,6H2,1H3. The molecule has 1 unspecified atom stereocenters. The van der Waals surface area contributed by atoms with E-state index in [2.05, 4.69) is 6.92 Å². The molecular formula is C10H11FO. The quantitative estimate of drug-likeness (QED) is 0.575. The lowest BCUT2D eigenvalue weighted by atomic mass is 9.99. The van der Waals surface area contributed by atoms with Gasteiger partial charge in [0, 0.05) is 6.07 Å². The Hall–Kier alpha value is -1.05. The second kappa shape index (κ2) is 2.77. The van der Waals surface area contributed by atoms with Crippen molar-refractivity contribution in [2.45, 2.75) is 13.3 Å². The van der Waals surface area contributed by atoms with Gasteiger partial charge in [0.05, 0.1) is 6.61 Å². The van der Waals surface area contributed by atoms with Crippen LogP contribution in [0.5, 0.6) is 5.75 Å². The van der Waals surface area contributed by atoms with E-state index >= 15 is 0 Å². The number of fused-ring (bicyclic) bond motifs is 1. The van der Waals surface area contributed by atoms with Gasteiger partial charge in [-0.3, -0.25) is 0 Å². The number of ether oxygens (including phenoxy) is 1. The zero-order valence-corrected chi connectivity index (χ0v) is 7.01. The van der Waals surface area contributed by atoms with Crippen LogP contribution in [-0.4, -0.2) is 6.61 Å². The number of rotatable bonds is 0. The third-order valence-electron chi connectivity index (χ3n) is 2.12. The van der Waals surface area contributed by atoms with Crippen LogP contribution in [0.1, 0.15) is 12.5 Å². The van der Waals surface area contributed by atoms with Crippen LogP contribution in [0.4, 0.5) is 4.39 Å². The number of hydrogen-bond acceptors (Lipinski definition) is 1. The van der Waals surface area contributed by atoms with Crippen molar-refractivity contribution in [2.75, 3.05) is 6.61 Å². The first kappa shape index (κ1) is 7.59. The summed E-state index contributed by atoms with van der Waals surface area (Å²) < 4.78 is 18.1. The van der Waals surface area contributed by atoms with Gasteiger partial charge in [-0.25, -0.2) is 4.39 Å². The molecule has 0 radical (unpaired) electrons. The van der Waals surface area contributed by atoms with E-state index in [1.807, 2.05) is 0 Å². The van der Waals surface area contributed by atoms with Gasteiger partial charge in [0.25, 0.3) is 0 Å². The molecule has 1 aromatic rings. The van der Waals surface area contributed by atoms with Gasteiger partial charge in [-0.1, -0.05) is 13.0 Å². The predicted molar refractivity (Wildman–Crippen MR) is 44.8 cm³/mol. The average Bonchev–Trinajstić information content (AvgIpc) is 2.05. The molecular weight excluding hydrogens is 155 g/mol. The summed E-state index contributed by atoms with van der Waals surface area (Å²) in [5.41, 5.74) is 1.12. The molecule has 0 bridgehead atoms. The van der Waals surface area contributed by atoms with Crippen molar-refractivity contribution in [1.82, 2.24) is 0 Å². The van der Waals surface area contributed by atoms with Crippen molar-refractivity contribution in [3.63, 3.8) is 0 Å². The second-order valence-corrected chi connectivity index (χ2v) is 3.37. The molecule has 1 nitrogen and oxygen atoms in total. The van der Waals surface area contributed by atoms with Gasteiger partial charge in [0.1, 0.15) is 11.6 Å². The van der Waals surface area contributed by atoms with Gasteiger partial charge in [-0.15, -0.1) is 0 Å². The Bertz CT molecular complexity index is 296. The summed E-state index contributed by atoms with van der Waals surface area (Å²) in [5, 5.41) is 0. The molecule has 0 saturated heterocycles. The van der Waals surface area contributed by atoms with Gasteiger partial charge >= 0.3 is 0 Å². The summed E-state index contributed by atoms with van der Waals surface area (Å²) in [6.07, 6.45) is 0.996. The fraction of sp³-hybridized carbons (Fsp3) is 0.400. The SMILES string of the molecule is CC1COc2cc(F)ccc2C1. The molecule has 64 valence electrons. The van der Waals surface area contributed by atoms with Crippen LogP contribution in [0.25, 0.3) is 0 Å². The molecule has 1 aliphatic heterocycles. The monoisotopic (exact) mass is 166 g/mol. The molecule has 1 aromatic carbocycles. The first-order valence-electron chi connectivity index (χ1n) is 4.17. The van der Waals surface area contributed by atoms with E-state index in [1.165, 1.54) is 12.1 Å². The number of hydrogen-bond donors (Lipinski definition) is 0. The van der Waals surface area contributed by atoms with Crippen molar-refractivity contribution in [2.24, 2.45) is 5.92 Å². The molecule has 12 heavy (non-hydrogen) atoms. The third-order valence-corrected chi connectivity index (χ3v) is 2.12. The van der Waals surface area contributed by atoms with Crippen LogP contribution in [-0.2, 0) is 6.42 Å². The highest BCUT2D eigenvalue weighted by atomic mass is 19.1. The zero-order chi connectivity index (χ0) is 8.55. The Morgan fingerprint density at radius 3 is 3.17 bits per heavy atom. The Kier molecular flexibility index (Phi) is 1.75. The predicted octanol–water partition coefficient (Wildman–Crippen LogP) is 2.40. The summed E-state index contributed by atoms with van der Waals surface area (Å²) in [6, 6.07) is 4.75. The van der Waals surface area contributed by atoms with Crippen LogP contribution < -0.4 is 4.74 Å². The second-order valence-electron chi connectivity index (χ2n) is 3.37. The highest BCUT2D eigenvalue weighted by Gasteiger charge is 2.15. The van der Waals surface area contributed by atoms with Gasteiger partial charge < -0.3 is 4.74 Å². The minimum atomic E-state index is -0.219. The fourth-order valence-corrected chi connectivity index (χ4v) is 1.50. The minimum absolute atomic E-state index is 0.219. The normalized spacial score (nSPS) is 21.3. The Labute approximate surface area is 71.2 Å². The van der Waals surface area contributed by atoms with Gasteiger partial charge in [0.2, 0.25) is 0 Å². The van der Waals surface area contributed by atoms with Crippen molar-refractivity contribution in [3.05, 3.63) is 29.6 Å². The van der Waals surface area contributed by atoms with Crippen molar-refractivity contribution >= 4 is 0 Å². The van der Waals surface area contributed by atoms with E-state index in [9.17, 15) is 4.39 Å². The molecule has 0 saturated carbocycles. The smallest absolute Gasteiger partial charge is 0.126 e. The van der Waals surface area contributed by atoms with E-state index in [4.69, 9.17) is 4.74 Å². The lowest BCUT2D eigenvalue weighted by molar-refractivity contribution is 0.233. The highest BCUT2D eigenvalue weighted by Crippen LogP contribution is 2.27. The minimum Gasteiger partial charge on any atom is -0.493 e. The van der Waals surface area contributed by atoms with E-state index in [1.54, 1.807) is 6.07 Å². The molecule has 1 aliphatic rings. The van der Waals surface area contributed by atoms with Crippen molar-refractivity contribution in [3.8, 4) is 5.75 Å². The molecule has 0 spiro atoms. The Morgan fingerprint density at radius 1 is 1.50 bits per heavy atom. The maximum absolute atomic E-state index is 12.7. The first-order valence-corrected chi connectivity index (χ1v) is 4.17. The fourth-order valence-electron chi connectivity index (χ4n) is 1.50. The summed E-state index contributed by atoms with van der Waals surface area (Å²) in [5.74, 6) is 1.04. The molecule has 0 aromatic heterocycles. The summed E-state index contributed by atoms with van der Waals surface area (Å²) in [6.45, 7) is 2.84. The largest absolute Gasteiger partial charge is 0.493 e. The summed E-state index contributed by atoms with van der Waals surface area (Å²) in [4.78, 5) is 0. The highest BCUT2D eigenvalue weighted by molar-refractivity contribution is 5.35. The molecule has 0 amide bonds. The number of benzene rings is 1. The van der Waals surface area contributed by atoms with Gasteiger partial charge in [-0.2, -0.15) is 0 Å². The lowest BCUT2D eigenvalue weighted by Crippen LogP contribution is -2.17. The molecule has 1 atom stereocenters. The summed E-state index contributed by atoms with van der Waals surface area (Å²) in [7, 11) is 0. The average molecular weight is 166 g/mol. The van der Waals surface area contributed by atoms with Crippen LogP contribution in [0.15, 0.2) is 18.2 Å². The Morgan fingerprint density at radius 2 is 2.33 bits per heavy atom. The van der Waals surface area contributed by atoms with E-state index in [-0.39, 0.29) is 5.82 Å². The van der Waals surface area contributed by atoms with Gasteiger partial charge in [-0.05, 0) is 24.0 Å². The molecule has 0 N–H and O–H groups in total. The van der Waals surface area contributed by atoms with E-state index < -0.39 is 0 Å². The van der Waals surface area contributed by atoms with E-state index in [0.717, 1.165) is 12.0 Å². The lowest BCUT2D eigenvalue weighted by Gasteiger charge is -2.22. The topological polar surface area (TPSA) is 9.23 Å². The third kappa shape index (κ3) is 1.29. The molecule has 2 rings (SSSR count). The van der Waals surface area contributed by atoms with Crippen LogP contribution in [0.2, 0.25) is 0 Å². The van der Waals surface area contributed by atoms with Gasteiger partial charge in [0.15, 0.2) is 0 Å². The molecule has 0 fully saturated rings. The van der Waals surface area contributed by atoms with Crippen molar-refractivity contribution < 1.29 is 9.13 Å². The van der Waals surface area contributed by atoms with Crippen LogP contribution >= 0.6 is 0 Å². The zero-order valence-electron chi connectivity index (χ0n) is 7.01. The first-order chi connectivity index (χ1) is 5.75. The number of halogens is 1. The van der Waals surface area contributed by atoms with Crippen LogP contribution in [0.3, 0.4) is 0 Å². The van der Waals surface area contributed by atoms with E-state index in [0.29, 0.717) is 18.3 Å². The Balaban J connectivity index is 2.37. The maximum Gasteiger partial charge on any atom is 0.126 e. The molecule has 2 heteroatoms. The molecule has 1 heterocycles. The van der Waals surface area contributed by atoms with Crippen LogP contribution in [0, 0.1) is 11.7 Å². The maximum atomic E-state index is 12.7. The van der Waals surface area contributed by atoms with Crippen molar-refractivity contribution in [1.29, 1.82) is 0 Å². The summed E-state index contributed by atoms with van der Waals surface area (Å²) >= 11 is 0. The molecule has 0 aliphatic carbocycles.